The van der Waals surface area contributed by atoms with E-state index in [2.05, 4.69) is 20.5 Å². The number of H-pyrrole nitrogens is 1. The minimum absolute atomic E-state index is 0.163. The number of methoxy groups -OCH3 is 1. The van der Waals surface area contributed by atoms with Crippen LogP contribution in [-0.2, 0) is 24.1 Å². The number of nitrogens with zero attached hydrogens (tertiary/aromatic N) is 2. The van der Waals surface area contributed by atoms with Crippen molar-refractivity contribution in [3.8, 4) is 5.75 Å². The fourth-order valence-corrected chi connectivity index (χ4v) is 2.87. The number of primary amides is 1. The van der Waals surface area contributed by atoms with E-state index in [-0.39, 0.29) is 12.3 Å². The quantitative estimate of drug-likeness (QED) is 0.551. The third kappa shape index (κ3) is 4.94. The van der Waals surface area contributed by atoms with Crippen molar-refractivity contribution in [1.82, 2.24) is 15.2 Å². The number of hydrogen-bond donors (Lipinski definition) is 3. The molecule has 0 saturated heterocycles. The van der Waals surface area contributed by atoms with Crippen LogP contribution in [0.15, 0.2) is 48.8 Å². The van der Waals surface area contributed by atoms with Crippen LogP contribution in [0, 0.1) is 0 Å². The third-order valence-electron chi connectivity index (χ3n) is 4.24. The number of nitrogens with two attached hydrogens (primary N) is 1. The summed E-state index contributed by atoms with van der Waals surface area (Å²) in [5.41, 5.74) is 8.38. The Morgan fingerprint density at radius 3 is 2.79 bits per heavy atom. The number of rotatable bonds is 8. The van der Waals surface area contributed by atoms with Gasteiger partial charge in [0, 0.05) is 17.8 Å². The standard InChI is InChI=1S/C20H21N5O3/c1-28-16-7-8-22-17(11-16)24-18(26)10-14-4-2-3-13(9-14)5-6-15-12-23-25-19(15)20(21)27/h2-4,7-9,11-12H,5-6,10H2,1H3,(H2,21,27)(H,23,25)(H,22,24,26). The van der Waals surface area contributed by atoms with Gasteiger partial charge in [-0.2, -0.15) is 5.10 Å². The van der Waals surface area contributed by atoms with E-state index in [1.165, 1.54) is 0 Å². The molecule has 0 fully saturated rings. The van der Waals surface area contributed by atoms with Gasteiger partial charge in [0.2, 0.25) is 5.91 Å². The van der Waals surface area contributed by atoms with Gasteiger partial charge in [-0.25, -0.2) is 4.98 Å². The number of carbonyl (C=O) groups is 2. The molecule has 0 bridgehead atoms. The number of aromatic nitrogens is 3. The van der Waals surface area contributed by atoms with E-state index < -0.39 is 5.91 Å². The SMILES string of the molecule is COc1ccnc(NC(=O)Cc2cccc(CCc3cn[nH]c3C(N)=O)c2)c1. The molecular weight excluding hydrogens is 358 g/mol. The van der Waals surface area contributed by atoms with Crippen LogP contribution in [0.5, 0.6) is 5.75 Å². The zero-order chi connectivity index (χ0) is 19.9. The van der Waals surface area contributed by atoms with E-state index in [0.717, 1.165) is 16.7 Å². The highest BCUT2D eigenvalue weighted by Crippen LogP contribution is 2.15. The number of anilines is 1. The number of nitrogens with one attached hydrogen (secondary N) is 2. The first-order valence-corrected chi connectivity index (χ1v) is 8.75. The first-order chi connectivity index (χ1) is 13.5. The zero-order valence-corrected chi connectivity index (χ0v) is 15.4. The first-order valence-electron chi connectivity index (χ1n) is 8.75. The van der Waals surface area contributed by atoms with Crippen LogP contribution in [0.25, 0.3) is 0 Å². The van der Waals surface area contributed by atoms with Crippen LogP contribution in [0.3, 0.4) is 0 Å². The lowest BCUT2D eigenvalue weighted by Gasteiger charge is -2.08. The number of aromatic amines is 1. The monoisotopic (exact) mass is 379 g/mol. The summed E-state index contributed by atoms with van der Waals surface area (Å²) in [4.78, 5) is 27.8. The van der Waals surface area contributed by atoms with Crippen LogP contribution < -0.4 is 15.8 Å². The maximum Gasteiger partial charge on any atom is 0.266 e. The van der Waals surface area contributed by atoms with Crippen LogP contribution in [-0.4, -0.2) is 34.1 Å². The van der Waals surface area contributed by atoms with Gasteiger partial charge in [0.05, 0.1) is 19.7 Å². The van der Waals surface area contributed by atoms with Crippen molar-refractivity contribution < 1.29 is 14.3 Å². The lowest BCUT2D eigenvalue weighted by atomic mass is 10.0. The fourth-order valence-electron chi connectivity index (χ4n) is 2.87. The van der Waals surface area contributed by atoms with Gasteiger partial charge < -0.3 is 15.8 Å². The molecule has 144 valence electrons. The minimum atomic E-state index is -0.524. The van der Waals surface area contributed by atoms with E-state index in [9.17, 15) is 9.59 Å². The number of aryl methyl sites for hydroxylation is 2. The Kier molecular flexibility index (Phi) is 6.01. The second kappa shape index (κ2) is 8.81. The zero-order valence-electron chi connectivity index (χ0n) is 15.4. The van der Waals surface area contributed by atoms with Crippen molar-refractivity contribution >= 4 is 17.6 Å². The number of benzene rings is 1. The second-order valence-corrected chi connectivity index (χ2v) is 6.26. The average Bonchev–Trinajstić information content (AvgIpc) is 3.16. The molecule has 2 amide bonds. The Morgan fingerprint density at radius 2 is 2.00 bits per heavy atom. The molecule has 2 heterocycles. The molecule has 0 atom stereocenters. The molecule has 8 heteroatoms. The smallest absolute Gasteiger partial charge is 0.266 e. The topological polar surface area (TPSA) is 123 Å². The van der Waals surface area contributed by atoms with Crippen molar-refractivity contribution in [2.75, 3.05) is 12.4 Å². The summed E-state index contributed by atoms with van der Waals surface area (Å²) in [7, 11) is 1.56. The summed E-state index contributed by atoms with van der Waals surface area (Å²) >= 11 is 0. The van der Waals surface area contributed by atoms with Crippen molar-refractivity contribution in [2.24, 2.45) is 5.73 Å². The number of carbonyl (C=O) groups excluding carboxylic acids is 2. The van der Waals surface area contributed by atoms with Gasteiger partial charge in [0.15, 0.2) is 0 Å². The molecule has 1 aromatic carbocycles. The largest absolute Gasteiger partial charge is 0.497 e. The summed E-state index contributed by atoms with van der Waals surface area (Å²) in [5.74, 6) is 0.383. The van der Waals surface area contributed by atoms with Gasteiger partial charge in [-0.1, -0.05) is 24.3 Å². The molecule has 0 aliphatic heterocycles. The van der Waals surface area contributed by atoms with Gasteiger partial charge in [-0.3, -0.25) is 14.7 Å². The molecule has 3 rings (SSSR count). The van der Waals surface area contributed by atoms with Gasteiger partial charge >= 0.3 is 0 Å². The van der Waals surface area contributed by atoms with E-state index in [1.54, 1.807) is 31.6 Å². The summed E-state index contributed by atoms with van der Waals surface area (Å²) in [5, 5.41) is 9.25. The Bertz CT molecular complexity index is 983. The van der Waals surface area contributed by atoms with Crippen molar-refractivity contribution in [2.45, 2.75) is 19.3 Å². The van der Waals surface area contributed by atoms with Gasteiger partial charge in [0.25, 0.3) is 5.91 Å². The molecular formula is C20H21N5O3. The minimum Gasteiger partial charge on any atom is -0.497 e. The molecule has 0 aliphatic rings. The molecule has 28 heavy (non-hydrogen) atoms. The lowest BCUT2D eigenvalue weighted by molar-refractivity contribution is -0.115. The molecule has 0 radical (unpaired) electrons. The highest BCUT2D eigenvalue weighted by atomic mass is 16.5. The maximum absolute atomic E-state index is 12.3. The first kappa shape index (κ1) is 19.1. The molecule has 0 aliphatic carbocycles. The molecule has 0 unspecified atom stereocenters. The summed E-state index contributed by atoms with van der Waals surface area (Å²) in [6.07, 6.45) is 4.74. The molecule has 4 N–H and O–H groups in total. The van der Waals surface area contributed by atoms with Gasteiger partial charge in [0.1, 0.15) is 17.3 Å². The van der Waals surface area contributed by atoms with Crippen LogP contribution >= 0.6 is 0 Å². The Balaban J connectivity index is 1.60. The van der Waals surface area contributed by atoms with Crippen LogP contribution in [0.4, 0.5) is 5.82 Å². The number of hydrogen-bond acceptors (Lipinski definition) is 5. The van der Waals surface area contributed by atoms with Crippen LogP contribution in [0.1, 0.15) is 27.2 Å². The molecule has 2 aromatic heterocycles. The third-order valence-corrected chi connectivity index (χ3v) is 4.24. The van der Waals surface area contributed by atoms with Crippen LogP contribution in [0.2, 0.25) is 0 Å². The fraction of sp³-hybridized carbons (Fsp3) is 0.200. The molecule has 0 saturated carbocycles. The predicted molar refractivity (Wildman–Crippen MR) is 104 cm³/mol. The number of ether oxygens (including phenoxy) is 1. The maximum atomic E-state index is 12.3. The van der Waals surface area contributed by atoms with Crippen molar-refractivity contribution in [3.63, 3.8) is 0 Å². The molecule has 8 nitrogen and oxygen atoms in total. The lowest BCUT2D eigenvalue weighted by Crippen LogP contribution is -2.15. The van der Waals surface area contributed by atoms with E-state index in [0.29, 0.717) is 30.1 Å². The second-order valence-electron chi connectivity index (χ2n) is 6.26. The Hall–Kier alpha value is -3.68. The Morgan fingerprint density at radius 1 is 1.18 bits per heavy atom. The highest BCUT2D eigenvalue weighted by molar-refractivity contribution is 5.92. The van der Waals surface area contributed by atoms with E-state index in [1.807, 2.05) is 24.3 Å². The normalized spacial score (nSPS) is 10.5. The van der Waals surface area contributed by atoms with E-state index in [4.69, 9.17) is 10.5 Å². The molecule has 3 aromatic rings. The summed E-state index contributed by atoms with van der Waals surface area (Å²) in [6, 6.07) is 11.1. The van der Waals surface area contributed by atoms with Crippen molar-refractivity contribution in [1.29, 1.82) is 0 Å². The Labute approximate surface area is 162 Å². The summed E-state index contributed by atoms with van der Waals surface area (Å²) < 4.78 is 5.12. The van der Waals surface area contributed by atoms with Crippen molar-refractivity contribution in [3.05, 3.63) is 71.2 Å². The predicted octanol–water partition coefficient (Wildman–Crippen LogP) is 1.88. The van der Waals surface area contributed by atoms with Gasteiger partial charge in [-0.05, 0) is 30.0 Å². The highest BCUT2D eigenvalue weighted by Gasteiger charge is 2.11. The number of pyridine rings is 1. The molecule has 0 spiro atoms. The summed E-state index contributed by atoms with van der Waals surface area (Å²) in [6.45, 7) is 0. The number of amides is 2. The van der Waals surface area contributed by atoms with E-state index >= 15 is 0 Å². The average molecular weight is 379 g/mol. The van der Waals surface area contributed by atoms with Gasteiger partial charge in [-0.15, -0.1) is 0 Å².